The molecular weight excluding hydrogens is 371 g/mol. The lowest BCUT2D eigenvalue weighted by Crippen LogP contribution is -2.14. The molecule has 0 fully saturated rings. The van der Waals surface area contributed by atoms with Gasteiger partial charge >= 0.3 is 0 Å². The Morgan fingerprint density at radius 1 is 1.15 bits per heavy atom. The van der Waals surface area contributed by atoms with Crippen molar-refractivity contribution in [2.75, 3.05) is 17.7 Å². The van der Waals surface area contributed by atoms with Gasteiger partial charge in [0.05, 0.1) is 12.8 Å². The molecule has 8 heteroatoms. The van der Waals surface area contributed by atoms with E-state index in [1.165, 1.54) is 43.8 Å². The first kappa shape index (κ1) is 18.6. The summed E-state index contributed by atoms with van der Waals surface area (Å²) in [6, 6.07) is 10.5. The maximum Gasteiger partial charge on any atom is 0.274 e. The summed E-state index contributed by atoms with van der Waals surface area (Å²) >= 11 is 6.11. The van der Waals surface area contributed by atoms with E-state index in [2.05, 4.69) is 20.6 Å². The Kier molecular flexibility index (Phi) is 5.52. The van der Waals surface area contributed by atoms with Crippen molar-refractivity contribution in [2.45, 2.75) is 6.92 Å². The number of halogens is 2. The number of benzene rings is 2. The maximum atomic E-state index is 13.0. The van der Waals surface area contributed by atoms with Gasteiger partial charge in [-0.15, -0.1) is 0 Å². The molecule has 0 spiro atoms. The van der Waals surface area contributed by atoms with Crippen molar-refractivity contribution in [1.82, 2.24) is 9.97 Å². The standard InChI is InChI=1S/C19H16ClFN4O2/c1-11-7-15(17(27-2)8-14(11)20)25-18-9-16(22-10-23-18)19(26)24-13-5-3-12(21)4-6-13/h3-10H,1-2H3,(H,24,26)(H,22,23,25). The Bertz CT molecular complexity index is 980. The third kappa shape index (κ3) is 4.51. The van der Waals surface area contributed by atoms with Crippen molar-refractivity contribution in [2.24, 2.45) is 0 Å². The van der Waals surface area contributed by atoms with Crippen LogP contribution >= 0.6 is 11.6 Å². The Labute approximate surface area is 160 Å². The van der Waals surface area contributed by atoms with E-state index in [1.54, 1.807) is 6.07 Å². The number of methoxy groups -OCH3 is 1. The van der Waals surface area contributed by atoms with Crippen molar-refractivity contribution in [3.05, 3.63) is 70.9 Å². The summed E-state index contributed by atoms with van der Waals surface area (Å²) in [5, 5.41) is 6.33. The molecule has 0 bridgehead atoms. The van der Waals surface area contributed by atoms with E-state index in [9.17, 15) is 9.18 Å². The highest BCUT2D eigenvalue weighted by Gasteiger charge is 2.12. The molecule has 0 aliphatic heterocycles. The van der Waals surface area contributed by atoms with Gasteiger partial charge in [0.1, 0.15) is 29.4 Å². The zero-order chi connectivity index (χ0) is 19.4. The molecule has 0 atom stereocenters. The molecule has 0 radical (unpaired) electrons. The van der Waals surface area contributed by atoms with Crippen LogP contribution in [-0.2, 0) is 0 Å². The minimum Gasteiger partial charge on any atom is -0.495 e. The van der Waals surface area contributed by atoms with Crippen LogP contribution < -0.4 is 15.4 Å². The summed E-state index contributed by atoms with van der Waals surface area (Å²) in [7, 11) is 1.54. The van der Waals surface area contributed by atoms with E-state index < -0.39 is 5.91 Å². The van der Waals surface area contributed by atoms with Gasteiger partial charge in [0, 0.05) is 22.8 Å². The van der Waals surface area contributed by atoms with Crippen LogP contribution in [0.1, 0.15) is 16.1 Å². The smallest absolute Gasteiger partial charge is 0.274 e. The van der Waals surface area contributed by atoms with Crippen LogP contribution in [-0.4, -0.2) is 23.0 Å². The third-order valence-electron chi connectivity index (χ3n) is 3.75. The van der Waals surface area contributed by atoms with Crippen LogP contribution in [0.2, 0.25) is 5.02 Å². The second-order valence-corrected chi connectivity index (χ2v) is 6.08. The normalized spacial score (nSPS) is 10.4. The number of carbonyl (C=O) groups is 1. The molecule has 0 saturated carbocycles. The second kappa shape index (κ2) is 8.01. The number of aromatic nitrogens is 2. The molecule has 1 heterocycles. The first-order valence-corrected chi connectivity index (χ1v) is 8.34. The molecule has 2 aromatic carbocycles. The molecule has 0 aliphatic carbocycles. The largest absolute Gasteiger partial charge is 0.495 e. The number of hydrogen-bond donors (Lipinski definition) is 2. The first-order valence-electron chi connectivity index (χ1n) is 7.96. The average molecular weight is 387 g/mol. The number of amides is 1. The summed E-state index contributed by atoms with van der Waals surface area (Å²) in [4.78, 5) is 20.5. The van der Waals surface area contributed by atoms with Crippen molar-refractivity contribution < 1.29 is 13.9 Å². The van der Waals surface area contributed by atoms with E-state index in [1.807, 2.05) is 13.0 Å². The molecule has 6 nitrogen and oxygen atoms in total. The van der Waals surface area contributed by atoms with Crippen molar-refractivity contribution >= 4 is 34.7 Å². The summed E-state index contributed by atoms with van der Waals surface area (Å²) in [5.41, 5.74) is 2.14. The fraction of sp³-hybridized carbons (Fsp3) is 0.105. The van der Waals surface area contributed by atoms with Crippen molar-refractivity contribution in [3.63, 3.8) is 0 Å². The summed E-state index contributed by atoms with van der Waals surface area (Å²) in [6.45, 7) is 1.87. The van der Waals surface area contributed by atoms with E-state index in [-0.39, 0.29) is 11.5 Å². The lowest BCUT2D eigenvalue weighted by atomic mass is 10.2. The number of nitrogens with one attached hydrogen (secondary N) is 2. The molecule has 1 aromatic heterocycles. The first-order chi connectivity index (χ1) is 13.0. The SMILES string of the molecule is COc1cc(Cl)c(C)cc1Nc1cc(C(=O)Nc2ccc(F)cc2)ncn1. The minimum atomic E-state index is -0.439. The Morgan fingerprint density at radius 3 is 2.59 bits per heavy atom. The summed E-state index contributed by atoms with van der Waals surface area (Å²) in [5.74, 6) is 0.135. The van der Waals surface area contributed by atoms with Crippen LogP contribution in [0.15, 0.2) is 48.8 Å². The number of ether oxygens (including phenoxy) is 1. The van der Waals surface area contributed by atoms with Crippen molar-refractivity contribution in [1.29, 1.82) is 0 Å². The number of carbonyl (C=O) groups excluding carboxylic acids is 1. The molecular formula is C19H16ClFN4O2. The van der Waals surface area contributed by atoms with Crippen LogP contribution in [0.3, 0.4) is 0 Å². The number of anilines is 3. The molecule has 1 amide bonds. The zero-order valence-electron chi connectivity index (χ0n) is 14.6. The van der Waals surface area contributed by atoms with Gasteiger partial charge in [-0.25, -0.2) is 14.4 Å². The van der Waals surface area contributed by atoms with E-state index in [0.717, 1.165) is 5.56 Å². The Balaban J connectivity index is 1.80. The Morgan fingerprint density at radius 2 is 1.89 bits per heavy atom. The average Bonchev–Trinajstić information content (AvgIpc) is 2.66. The number of nitrogens with zero attached hydrogens (tertiary/aromatic N) is 2. The van der Waals surface area contributed by atoms with E-state index >= 15 is 0 Å². The number of rotatable bonds is 5. The van der Waals surface area contributed by atoms with E-state index in [0.29, 0.717) is 28.0 Å². The third-order valence-corrected chi connectivity index (χ3v) is 4.15. The van der Waals surface area contributed by atoms with Gasteiger partial charge in [0.15, 0.2) is 0 Å². The van der Waals surface area contributed by atoms with Crippen LogP contribution in [0.25, 0.3) is 0 Å². The molecule has 2 N–H and O–H groups in total. The lowest BCUT2D eigenvalue weighted by molar-refractivity contribution is 0.102. The van der Waals surface area contributed by atoms with Crippen LogP contribution in [0.5, 0.6) is 5.75 Å². The molecule has 0 unspecified atom stereocenters. The highest BCUT2D eigenvalue weighted by atomic mass is 35.5. The second-order valence-electron chi connectivity index (χ2n) is 5.68. The quantitative estimate of drug-likeness (QED) is 0.671. The number of hydrogen-bond acceptors (Lipinski definition) is 5. The van der Waals surface area contributed by atoms with Gasteiger partial charge in [-0.2, -0.15) is 0 Å². The minimum absolute atomic E-state index is 0.154. The predicted molar refractivity (Wildman–Crippen MR) is 102 cm³/mol. The summed E-state index contributed by atoms with van der Waals surface area (Å²) in [6.07, 6.45) is 1.27. The maximum absolute atomic E-state index is 13.0. The fourth-order valence-corrected chi connectivity index (χ4v) is 2.50. The van der Waals surface area contributed by atoms with Gasteiger partial charge < -0.3 is 15.4 Å². The van der Waals surface area contributed by atoms with Crippen LogP contribution in [0.4, 0.5) is 21.6 Å². The highest BCUT2D eigenvalue weighted by Crippen LogP contribution is 2.32. The Hall–Kier alpha value is -3.19. The molecule has 3 aromatic rings. The van der Waals surface area contributed by atoms with Gasteiger partial charge in [-0.1, -0.05) is 11.6 Å². The van der Waals surface area contributed by atoms with Crippen molar-refractivity contribution in [3.8, 4) is 5.75 Å². The molecule has 0 saturated heterocycles. The van der Waals surface area contributed by atoms with Gasteiger partial charge in [-0.3, -0.25) is 4.79 Å². The van der Waals surface area contributed by atoms with Gasteiger partial charge in [-0.05, 0) is 42.8 Å². The highest BCUT2D eigenvalue weighted by molar-refractivity contribution is 6.31. The lowest BCUT2D eigenvalue weighted by Gasteiger charge is -2.13. The predicted octanol–water partition coefficient (Wildman–Crippen LogP) is 4.58. The molecule has 0 aliphatic rings. The number of aryl methyl sites for hydroxylation is 1. The zero-order valence-corrected chi connectivity index (χ0v) is 15.3. The topological polar surface area (TPSA) is 76.1 Å². The van der Waals surface area contributed by atoms with Gasteiger partial charge in [0.25, 0.3) is 5.91 Å². The monoisotopic (exact) mass is 386 g/mol. The molecule has 138 valence electrons. The summed E-state index contributed by atoms with van der Waals surface area (Å²) < 4.78 is 18.3. The fourth-order valence-electron chi connectivity index (χ4n) is 2.35. The van der Waals surface area contributed by atoms with Gasteiger partial charge in [0.2, 0.25) is 0 Å². The van der Waals surface area contributed by atoms with E-state index in [4.69, 9.17) is 16.3 Å². The molecule has 27 heavy (non-hydrogen) atoms. The van der Waals surface area contributed by atoms with Crippen LogP contribution in [0, 0.1) is 12.7 Å². The molecule has 3 rings (SSSR count).